The molecule has 0 aliphatic carbocycles. The third kappa shape index (κ3) is 3.54. The normalized spacial score (nSPS) is 11.8. The fourth-order valence-corrected chi connectivity index (χ4v) is 1.58. The molecule has 19 heavy (non-hydrogen) atoms. The number of hydrogen-bond acceptors (Lipinski definition) is 4. The van der Waals surface area contributed by atoms with Crippen LogP contribution in [0.5, 0.6) is 0 Å². The summed E-state index contributed by atoms with van der Waals surface area (Å²) in [6.45, 7) is 0.458. The molecule has 0 atom stereocenters. The standard InChI is InChI=1S/C12H12F3N3O/c1-16-7-11-17-10(18-19-11)6-8-2-4-9(5-3-8)12(13,14)15/h2-5,16H,6-7H2,1H3. The number of hydrogen-bond donors (Lipinski definition) is 1. The number of aromatic nitrogens is 2. The molecule has 0 unspecified atom stereocenters. The zero-order chi connectivity index (χ0) is 13.9. The van der Waals surface area contributed by atoms with E-state index in [1.54, 1.807) is 7.05 Å². The van der Waals surface area contributed by atoms with Crippen molar-refractivity contribution in [1.82, 2.24) is 15.5 Å². The topological polar surface area (TPSA) is 51.0 Å². The Morgan fingerprint density at radius 3 is 2.47 bits per heavy atom. The highest BCUT2D eigenvalue weighted by Crippen LogP contribution is 2.29. The summed E-state index contributed by atoms with van der Waals surface area (Å²) >= 11 is 0. The van der Waals surface area contributed by atoms with Crippen LogP contribution < -0.4 is 5.32 Å². The summed E-state index contributed by atoms with van der Waals surface area (Å²) < 4.78 is 42.1. The quantitative estimate of drug-likeness (QED) is 0.927. The van der Waals surface area contributed by atoms with Crippen LogP contribution in [-0.2, 0) is 19.1 Å². The number of alkyl halides is 3. The van der Waals surface area contributed by atoms with Crippen LogP contribution in [0, 0.1) is 0 Å². The molecular weight excluding hydrogens is 259 g/mol. The Morgan fingerprint density at radius 2 is 1.89 bits per heavy atom. The van der Waals surface area contributed by atoms with E-state index < -0.39 is 11.7 Å². The zero-order valence-electron chi connectivity index (χ0n) is 10.2. The second-order valence-electron chi connectivity index (χ2n) is 4.01. The maximum absolute atomic E-state index is 12.4. The number of halogens is 3. The minimum atomic E-state index is -4.31. The van der Waals surface area contributed by atoms with Crippen molar-refractivity contribution < 1.29 is 17.7 Å². The van der Waals surface area contributed by atoms with Crippen LogP contribution in [0.15, 0.2) is 28.8 Å². The molecule has 1 aromatic heterocycles. The monoisotopic (exact) mass is 271 g/mol. The van der Waals surface area contributed by atoms with E-state index >= 15 is 0 Å². The molecule has 4 nitrogen and oxygen atoms in total. The lowest BCUT2D eigenvalue weighted by Gasteiger charge is -2.06. The molecule has 7 heteroatoms. The SMILES string of the molecule is CNCc1nc(Cc2ccc(C(F)(F)F)cc2)no1. The molecule has 102 valence electrons. The molecule has 0 bridgehead atoms. The number of benzene rings is 1. The predicted molar refractivity (Wildman–Crippen MR) is 61.3 cm³/mol. The molecule has 1 aromatic carbocycles. The van der Waals surface area contributed by atoms with Gasteiger partial charge in [-0.1, -0.05) is 17.3 Å². The molecule has 1 N–H and O–H groups in total. The minimum absolute atomic E-state index is 0.339. The van der Waals surface area contributed by atoms with E-state index in [1.807, 2.05) is 0 Å². The third-order valence-electron chi connectivity index (χ3n) is 2.48. The van der Waals surface area contributed by atoms with Crippen LogP contribution >= 0.6 is 0 Å². The van der Waals surface area contributed by atoms with Crippen LogP contribution in [0.3, 0.4) is 0 Å². The largest absolute Gasteiger partial charge is 0.416 e. The lowest BCUT2D eigenvalue weighted by Crippen LogP contribution is -2.05. The van der Waals surface area contributed by atoms with E-state index in [0.717, 1.165) is 12.1 Å². The van der Waals surface area contributed by atoms with E-state index in [2.05, 4.69) is 15.5 Å². The van der Waals surface area contributed by atoms with Crippen molar-refractivity contribution in [3.8, 4) is 0 Å². The van der Waals surface area contributed by atoms with Crippen molar-refractivity contribution in [2.75, 3.05) is 7.05 Å². The Kier molecular flexibility index (Phi) is 3.84. The Balaban J connectivity index is 2.06. The van der Waals surface area contributed by atoms with E-state index in [1.165, 1.54) is 12.1 Å². The van der Waals surface area contributed by atoms with Gasteiger partial charge in [0, 0.05) is 6.42 Å². The van der Waals surface area contributed by atoms with Crippen molar-refractivity contribution in [1.29, 1.82) is 0 Å². The average Bonchev–Trinajstić information content (AvgIpc) is 2.77. The first-order chi connectivity index (χ1) is 8.99. The van der Waals surface area contributed by atoms with Gasteiger partial charge in [0.2, 0.25) is 5.89 Å². The molecule has 0 spiro atoms. The molecule has 0 saturated carbocycles. The van der Waals surface area contributed by atoms with Gasteiger partial charge in [0.05, 0.1) is 12.1 Å². The minimum Gasteiger partial charge on any atom is -0.338 e. The summed E-state index contributed by atoms with van der Waals surface area (Å²) in [5.41, 5.74) is 0.0324. The molecule has 0 aliphatic heterocycles. The summed E-state index contributed by atoms with van der Waals surface area (Å²) in [5.74, 6) is 0.898. The van der Waals surface area contributed by atoms with Gasteiger partial charge in [-0.15, -0.1) is 0 Å². The van der Waals surface area contributed by atoms with E-state index in [4.69, 9.17) is 4.52 Å². The number of nitrogens with zero attached hydrogens (tertiary/aromatic N) is 2. The lowest BCUT2D eigenvalue weighted by molar-refractivity contribution is -0.137. The Labute approximate surface area is 107 Å². The van der Waals surface area contributed by atoms with Crippen molar-refractivity contribution in [2.24, 2.45) is 0 Å². The molecule has 0 aliphatic rings. The van der Waals surface area contributed by atoms with Gasteiger partial charge < -0.3 is 9.84 Å². The second-order valence-corrected chi connectivity index (χ2v) is 4.01. The summed E-state index contributed by atoms with van der Waals surface area (Å²) in [6.07, 6.45) is -3.98. The zero-order valence-corrected chi connectivity index (χ0v) is 10.2. The van der Waals surface area contributed by atoms with Crippen molar-refractivity contribution in [2.45, 2.75) is 19.1 Å². The van der Waals surface area contributed by atoms with E-state index in [0.29, 0.717) is 30.2 Å². The third-order valence-corrected chi connectivity index (χ3v) is 2.48. The molecular formula is C12H12F3N3O. The molecule has 1 heterocycles. The Hall–Kier alpha value is -1.89. The van der Waals surface area contributed by atoms with Crippen LogP contribution in [0.25, 0.3) is 0 Å². The van der Waals surface area contributed by atoms with Crippen LogP contribution in [-0.4, -0.2) is 17.2 Å². The van der Waals surface area contributed by atoms with Crippen molar-refractivity contribution >= 4 is 0 Å². The first-order valence-electron chi connectivity index (χ1n) is 5.61. The molecule has 0 radical (unpaired) electrons. The maximum Gasteiger partial charge on any atom is 0.416 e. The molecule has 0 saturated heterocycles. The predicted octanol–water partition coefficient (Wildman–Crippen LogP) is 2.40. The number of rotatable bonds is 4. The first kappa shape index (κ1) is 13.5. The Bertz CT molecular complexity index is 534. The van der Waals surface area contributed by atoms with Gasteiger partial charge in [-0.2, -0.15) is 18.2 Å². The smallest absolute Gasteiger partial charge is 0.338 e. The van der Waals surface area contributed by atoms with Crippen LogP contribution in [0.1, 0.15) is 22.8 Å². The summed E-state index contributed by atoms with van der Waals surface area (Å²) in [5, 5.41) is 6.62. The number of nitrogens with one attached hydrogen (secondary N) is 1. The fourth-order valence-electron chi connectivity index (χ4n) is 1.58. The molecule has 2 aromatic rings. The second kappa shape index (κ2) is 5.40. The Morgan fingerprint density at radius 1 is 1.21 bits per heavy atom. The van der Waals surface area contributed by atoms with Gasteiger partial charge in [0.15, 0.2) is 5.82 Å². The summed E-state index contributed by atoms with van der Waals surface area (Å²) in [7, 11) is 1.75. The van der Waals surface area contributed by atoms with Crippen molar-refractivity contribution in [3.05, 3.63) is 47.1 Å². The summed E-state index contributed by atoms with van der Waals surface area (Å²) in [6, 6.07) is 4.92. The van der Waals surface area contributed by atoms with Crippen LogP contribution in [0.4, 0.5) is 13.2 Å². The molecule has 0 fully saturated rings. The van der Waals surface area contributed by atoms with Gasteiger partial charge >= 0.3 is 6.18 Å². The summed E-state index contributed by atoms with van der Waals surface area (Å²) in [4.78, 5) is 4.10. The van der Waals surface area contributed by atoms with E-state index in [-0.39, 0.29) is 0 Å². The van der Waals surface area contributed by atoms with Gasteiger partial charge in [0.25, 0.3) is 0 Å². The van der Waals surface area contributed by atoms with Crippen LogP contribution in [0.2, 0.25) is 0 Å². The van der Waals surface area contributed by atoms with Gasteiger partial charge in [0.1, 0.15) is 0 Å². The molecule has 2 rings (SSSR count). The lowest BCUT2D eigenvalue weighted by atomic mass is 10.1. The van der Waals surface area contributed by atoms with Gasteiger partial charge in [-0.25, -0.2) is 0 Å². The van der Waals surface area contributed by atoms with E-state index in [9.17, 15) is 13.2 Å². The van der Waals surface area contributed by atoms with Gasteiger partial charge in [-0.3, -0.25) is 0 Å². The highest BCUT2D eigenvalue weighted by molar-refractivity contribution is 5.26. The first-order valence-corrected chi connectivity index (χ1v) is 5.61. The fraction of sp³-hybridized carbons (Fsp3) is 0.333. The highest BCUT2D eigenvalue weighted by atomic mass is 19.4. The molecule has 0 amide bonds. The maximum atomic E-state index is 12.4. The van der Waals surface area contributed by atoms with Crippen molar-refractivity contribution in [3.63, 3.8) is 0 Å². The highest BCUT2D eigenvalue weighted by Gasteiger charge is 2.29. The average molecular weight is 271 g/mol. The van der Waals surface area contributed by atoms with Gasteiger partial charge in [-0.05, 0) is 24.7 Å².